The molecule has 6 heteroatoms. The van der Waals surface area contributed by atoms with Gasteiger partial charge in [0.2, 0.25) is 5.28 Å². The first kappa shape index (κ1) is 16.4. The zero-order chi connectivity index (χ0) is 18.4. The summed E-state index contributed by atoms with van der Waals surface area (Å²) in [6, 6.07) is 11.9. The third-order valence-electron chi connectivity index (χ3n) is 4.54. The summed E-state index contributed by atoms with van der Waals surface area (Å²) in [5.41, 5.74) is 7.84. The number of rotatable bonds is 2. The van der Waals surface area contributed by atoms with Gasteiger partial charge in [-0.15, -0.1) is 0 Å². The molecular weight excluding hydrogens is 348 g/mol. The van der Waals surface area contributed by atoms with Crippen molar-refractivity contribution in [2.45, 2.75) is 20.8 Å². The number of hydrogen-bond acceptors (Lipinski definition) is 4. The summed E-state index contributed by atoms with van der Waals surface area (Å²) in [4.78, 5) is 7.54. The lowest BCUT2D eigenvalue weighted by Gasteiger charge is -2.10. The summed E-state index contributed by atoms with van der Waals surface area (Å²) >= 11 is 6.13. The van der Waals surface area contributed by atoms with E-state index >= 15 is 0 Å². The number of aromatic nitrogens is 3. The lowest BCUT2D eigenvalue weighted by Crippen LogP contribution is -1.90. The van der Waals surface area contributed by atoms with Gasteiger partial charge in [-0.05, 0) is 73.3 Å². The average Bonchev–Trinajstić information content (AvgIpc) is 3.15. The Balaban J connectivity index is 2.08. The minimum atomic E-state index is 0.325. The van der Waals surface area contributed by atoms with Crippen LogP contribution in [0.15, 0.2) is 34.9 Å². The fraction of sp³-hybridized carbons (Fsp3) is 0.150. The van der Waals surface area contributed by atoms with Crippen LogP contribution >= 0.6 is 11.6 Å². The molecule has 0 unspecified atom stereocenters. The Morgan fingerprint density at radius 3 is 2.62 bits per heavy atom. The molecule has 0 aliphatic heterocycles. The highest BCUT2D eigenvalue weighted by Crippen LogP contribution is 2.37. The second kappa shape index (κ2) is 6.01. The summed E-state index contributed by atoms with van der Waals surface area (Å²) in [5, 5.41) is 13.7. The van der Waals surface area contributed by atoms with E-state index in [0.29, 0.717) is 10.8 Å². The summed E-state index contributed by atoms with van der Waals surface area (Å²) < 4.78 is 5.33. The second-order valence-corrected chi connectivity index (χ2v) is 6.65. The zero-order valence-corrected chi connectivity index (χ0v) is 15.3. The fourth-order valence-electron chi connectivity index (χ4n) is 3.31. The molecule has 2 aromatic carbocycles. The molecule has 2 heterocycles. The highest BCUT2D eigenvalue weighted by molar-refractivity contribution is 6.29. The predicted molar refractivity (Wildman–Crippen MR) is 101 cm³/mol. The standard InChI is InChI=1S/C20H15ClN4O/c1-10-4-5-13(9-22)6-15(10)16-7-14(18-11(2)25-26-12(18)3)8-17-19(16)24-20(21)23-17/h4-8H,1-3H3,(H,23,24). The number of benzene rings is 2. The Labute approximate surface area is 155 Å². The predicted octanol–water partition coefficient (Wildman–Crippen LogP) is 5.34. The van der Waals surface area contributed by atoms with Gasteiger partial charge in [0.15, 0.2) is 0 Å². The van der Waals surface area contributed by atoms with Crippen molar-refractivity contribution in [3.05, 3.63) is 58.2 Å². The zero-order valence-electron chi connectivity index (χ0n) is 14.5. The maximum absolute atomic E-state index is 9.28. The minimum Gasteiger partial charge on any atom is -0.361 e. The van der Waals surface area contributed by atoms with Crippen molar-refractivity contribution in [3.63, 3.8) is 0 Å². The molecule has 0 saturated heterocycles. The van der Waals surface area contributed by atoms with Crippen LogP contribution in [0.5, 0.6) is 0 Å². The van der Waals surface area contributed by atoms with Gasteiger partial charge in [0.25, 0.3) is 0 Å². The Kier molecular flexibility index (Phi) is 3.78. The van der Waals surface area contributed by atoms with Gasteiger partial charge in [0.1, 0.15) is 5.76 Å². The normalized spacial score (nSPS) is 11.0. The van der Waals surface area contributed by atoms with Crippen LogP contribution in [-0.4, -0.2) is 15.1 Å². The molecule has 0 bridgehead atoms. The maximum Gasteiger partial charge on any atom is 0.201 e. The van der Waals surface area contributed by atoms with Gasteiger partial charge in [-0.1, -0.05) is 11.2 Å². The van der Waals surface area contributed by atoms with E-state index in [0.717, 1.165) is 50.3 Å². The van der Waals surface area contributed by atoms with E-state index in [-0.39, 0.29) is 0 Å². The van der Waals surface area contributed by atoms with Crippen molar-refractivity contribution < 1.29 is 4.52 Å². The molecule has 0 spiro atoms. The molecule has 0 aliphatic carbocycles. The molecule has 0 saturated carbocycles. The van der Waals surface area contributed by atoms with Crippen LogP contribution in [-0.2, 0) is 0 Å². The van der Waals surface area contributed by atoms with E-state index in [1.807, 2.05) is 45.0 Å². The van der Waals surface area contributed by atoms with Gasteiger partial charge in [0.05, 0.1) is 28.4 Å². The fourth-order valence-corrected chi connectivity index (χ4v) is 3.50. The van der Waals surface area contributed by atoms with Crippen LogP contribution in [0, 0.1) is 32.1 Å². The molecular formula is C20H15ClN4O. The Bertz CT molecular complexity index is 1180. The van der Waals surface area contributed by atoms with Gasteiger partial charge < -0.3 is 9.51 Å². The van der Waals surface area contributed by atoms with Crippen molar-refractivity contribution in [2.75, 3.05) is 0 Å². The number of nitriles is 1. The number of fused-ring (bicyclic) bond motifs is 1. The van der Waals surface area contributed by atoms with Crippen molar-refractivity contribution in [2.24, 2.45) is 0 Å². The first-order valence-corrected chi connectivity index (χ1v) is 8.49. The van der Waals surface area contributed by atoms with Crippen LogP contribution < -0.4 is 0 Å². The van der Waals surface area contributed by atoms with E-state index in [2.05, 4.69) is 27.3 Å². The van der Waals surface area contributed by atoms with Crippen molar-refractivity contribution in [1.82, 2.24) is 15.1 Å². The smallest absolute Gasteiger partial charge is 0.201 e. The average molecular weight is 363 g/mol. The van der Waals surface area contributed by atoms with E-state index in [9.17, 15) is 5.26 Å². The number of nitrogens with one attached hydrogen (secondary N) is 1. The summed E-state index contributed by atoms with van der Waals surface area (Å²) in [5.74, 6) is 0.751. The van der Waals surface area contributed by atoms with Gasteiger partial charge in [-0.25, -0.2) is 4.98 Å². The third kappa shape index (κ3) is 2.56. The van der Waals surface area contributed by atoms with Gasteiger partial charge in [0, 0.05) is 11.1 Å². The first-order chi connectivity index (χ1) is 12.5. The topological polar surface area (TPSA) is 78.5 Å². The molecule has 0 atom stereocenters. The molecule has 4 aromatic rings. The molecule has 0 aliphatic rings. The Morgan fingerprint density at radius 2 is 1.92 bits per heavy atom. The highest BCUT2D eigenvalue weighted by atomic mass is 35.5. The highest BCUT2D eigenvalue weighted by Gasteiger charge is 2.18. The number of halogens is 1. The molecule has 0 fully saturated rings. The van der Waals surface area contributed by atoms with Gasteiger partial charge in [-0.3, -0.25) is 0 Å². The lowest BCUT2D eigenvalue weighted by atomic mass is 9.93. The van der Waals surface area contributed by atoms with Crippen LogP contribution in [0.1, 0.15) is 22.6 Å². The minimum absolute atomic E-state index is 0.325. The largest absolute Gasteiger partial charge is 0.361 e. The molecule has 5 nitrogen and oxygen atoms in total. The van der Waals surface area contributed by atoms with Gasteiger partial charge >= 0.3 is 0 Å². The second-order valence-electron chi connectivity index (χ2n) is 6.29. The molecule has 2 aromatic heterocycles. The molecule has 4 rings (SSSR count). The van der Waals surface area contributed by atoms with E-state index in [1.165, 1.54) is 0 Å². The van der Waals surface area contributed by atoms with E-state index < -0.39 is 0 Å². The van der Waals surface area contributed by atoms with Crippen LogP contribution in [0.3, 0.4) is 0 Å². The Hall–Kier alpha value is -3.10. The summed E-state index contributed by atoms with van der Waals surface area (Å²) in [6.45, 7) is 5.82. The monoisotopic (exact) mass is 362 g/mol. The number of aryl methyl sites for hydroxylation is 3. The SMILES string of the molecule is Cc1ccc(C#N)cc1-c1cc(-c2c(C)noc2C)cc2[nH]c(Cl)nc12. The number of hydrogen-bond donors (Lipinski definition) is 1. The maximum atomic E-state index is 9.28. The van der Waals surface area contributed by atoms with E-state index in [4.69, 9.17) is 16.1 Å². The third-order valence-corrected chi connectivity index (χ3v) is 4.72. The lowest BCUT2D eigenvalue weighted by molar-refractivity contribution is 0.393. The van der Waals surface area contributed by atoms with Crippen molar-refractivity contribution >= 4 is 22.6 Å². The number of H-pyrrole nitrogens is 1. The quantitative estimate of drug-likeness (QED) is 0.522. The van der Waals surface area contributed by atoms with E-state index in [1.54, 1.807) is 0 Å². The molecule has 1 N–H and O–H groups in total. The Morgan fingerprint density at radius 1 is 1.12 bits per heavy atom. The number of nitrogens with zero attached hydrogens (tertiary/aromatic N) is 3. The van der Waals surface area contributed by atoms with Crippen molar-refractivity contribution in [1.29, 1.82) is 5.26 Å². The summed E-state index contributed by atoms with van der Waals surface area (Å²) in [6.07, 6.45) is 0. The number of aromatic amines is 1. The van der Waals surface area contributed by atoms with Crippen LogP contribution in [0.4, 0.5) is 0 Å². The molecule has 0 radical (unpaired) electrons. The van der Waals surface area contributed by atoms with Crippen molar-refractivity contribution in [3.8, 4) is 28.3 Å². The molecule has 0 amide bonds. The molecule has 128 valence electrons. The number of imidazole rings is 1. The molecule has 26 heavy (non-hydrogen) atoms. The summed E-state index contributed by atoms with van der Waals surface area (Å²) in [7, 11) is 0. The van der Waals surface area contributed by atoms with Crippen LogP contribution in [0.2, 0.25) is 5.28 Å². The van der Waals surface area contributed by atoms with Crippen LogP contribution in [0.25, 0.3) is 33.3 Å². The first-order valence-electron chi connectivity index (χ1n) is 8.11. The van der Waals surface area contributed by atoms with Gasteiger partial charge in [-0.2, -0.15) is 5.26 Å².